The first kappa shape index (κ1) is 27.1. The number of benzene rings is 1. The van der Waals surface area contributed by atoms with E-state index < -0.39 is 54.4 Å². The van der Waals surface area contributed by atoms with Gasteiger partial charge < -0.3 is 46.1 Å². The fourth-order valence-electron chi connectivity index (χ4n) is 5.72. The highest BCUT2D eigenvalue weighted by Gasteiger charge is 2.56. The van der Waals surface area contributed by atoms with Gasteiger partial charge >= 0.3 is 0 Å². The SMILES string of the molecule is CC1=CC2C(=O)c3cccc(OC4OC(CO)C(O)C(O)(CCC5=CCNC(N)=C5)C4O)c3C(=O)C2C(O)=C1. The number of carbonyl (C=O) groups is 2. The van der Waals surface area contributed by atoms with Crippen LogP contribution in [0, 0.1) is 11.8 Å². The zero-order valence-electron chi connectivity index (χ0n) is 21.3. The van der Waals surface area contributed by atoms with E-state index in [1.165, 1.54) is 24.3 Å². The molecule has 0 spiro atoms. The van der Waals surface area contributed by atoms with Gasteiger partial charge in [0.25, 0.3) is 0 Å². The normalized spacial score (nSPS) is 34.1. The van der Waals surface area contributed by atoms with Crippen LogP contribution in [-0.2, 0) is 4.74 Å². The van der Waals surface area contributed by atoms with Crippen molar-refractivity contribution in [2.45, 2.75) is 50.0 Å². The minimum absolute atomic E-state index is 0.0804. The zero-order chi connectivity index (χ0) is 28.1. The summed E-state index contributed by atoms with van der Waals surface area (Å²) in [7, 11) is 0. The third-order valence-corrected chi connectivity index (χ3v) is 7.81. The van der Waals surface area contributed by atoms with Crippen LogP contribution >= 0.6 is 0 Å². The molecule has 208 valence electrons. The molecule has 1 fully saturated rings. The Bertz CT molecular complexity index is 1320. The molecule has 7 unspecified atom stereocenters. The second kappa shape index (κ2) is 10.2. The second-order valence-electron chi connectivity index (χ2n) is 10.4. The van der Waals surface area contributed by atoms with E-state index in [4.69, 9.17) is 15.2 Å². The van der Waals surface area contributed by atoms with Gasteiger partial charge in [0.1, 0.15) is 35.4 Å². The van der Waals surface area contributed by atoms with E-state index in [0.29, 0.717) is 17.9 Å². The summed E-state index contributed by atoms with van der Waals surface area (Å²) in [6.07, 6.45) is 0.351. The van der Waals surface area contributed by atoms with Crippen molar-refractivity contribution in [3.05, 3.63) is 76.4 Å². The summed E-state index contributed by atoms with van der Waals surface area (Å²) < 4.78 is 11.5. The van der Waals surface area contributed by atoms with Crippen molar-refractivity contribution in [1.29, 1.82) is 0 Å². The summed E-state index contributed by atoms with van der Waals surface area (Å²) in [6, 6.07) is 4.41. The number of hydrogen-bond donors (Lipinski definition) is 7. The maximum absolute atomic E-state index is 13.5. The van der Waals surface area contributed by atoms with Gasteiger partial charge in [-0.1, -0.05) is 29.9 Å². The van der Waals surface area contributed by atoms with Crippen LogP contribution in [0.3, 0.4) is 0 Å². The number of hydrogen-bond acceptors (Lipinski definition) is 11. The topological polar surface area (TPSA) is 192 Å². The fraction of sp³-hybridized carbons (Fsp3) is 0.429. The number of ether oxygens (including phenoxy) is 2. The molecule has 4 aliphatic rings. The number of fused-ring (bicyclic) bond motifs is 2. The molecule has 8 N–H and O–H groups in total. The molecule has 2 aliphatic carbocycles. The summed E-state index contributed by atoms with van der Waals surface area (Å²) >= 11 is 0. The Hall–Kier alpha value is -3.48. The number of Topliss-reactive ketones (excluding diaryl/α,β-unsaturated/α-hetero) is 2. The molecule has 0 amide bonds. The Morgan fingerprint density at radius 1 is 1.18 bits per heavy atom. The monoisotopic (exact) mass is 540 g/mol. The number of nitrogens with one attached hydrogen (secondary N) is 1. The van der Waals surface area contributed by atoms with Crippen molar-refractivity contribution in [3.8, 4) is 5.75 Å². The van der Waals surface area contributed by atoms with E-state index in [2.05, 4.69) is 5.32 Å². The molecular weight excluding hydrogens is 508 g/mol. The summed E-state index contributed by atoms with van der Waals surface area (Å²) in [5.41, 5.74) is 5.11. The number of dihydropyridines is 1. The number of nitrogens with two attached hydrogens (primary N) is 1. The number of carbonyl (C=O) groups excluding carboxylic acids is 2. The zero-order valence-corrected chi connectivity index (χ0v) is 21.3. The summed E-state index contributed by atoms with van der Waals surface area (Å²) in [6.45, 7) is 1.53. The molecule has 7 atom stereocenters. The van der Waals surface area contributed by atoms with Gasteiger partial charge in [-0.3, -0.25) is 9.59 Å². The van der Waals surface area contributed by atoms with E-state index in [-0.39, 0.29) is 41.3 Å². The van der Waals surface area contributed by atoms with E-state index in [9.17, 15) is 35.1 Å². The Balaban J connectivity index is 1.45. The lowest BCUT2D eigenvalue weighted by atomic mass is 9.70. The Morgan fingerprint density at radius 2 is 1.95 bits per heavy atom. The van der Waals surface area contributed by atoms with Gasteiger partial charge in [0.15, 0.2) is 11.6 Å². The molecule has 0 radical (unpaired) electrons. The van der Waals surface area contributed by atoms with Crippen molar-refractivity contribution in [2.75, 3.05) is 13.2 Å². The van der Waals surface area contributed by atoms with E-state index in [1.54, 1.807) is 19.1 Å². The van der Waals surface area contributed by atoms with Crippen molar-refractivity contribution in [2.24, 2.45) is 17.6 Å². The largest absolute Gasteiger partial charge is 0.511 e. The maximum Gasteiger partial charge on any atom is 0.229 e. The van der Waals surface area contributed by atoms with Gasteiger partial charge in [0, 0.05) is 12.1 Å². The Kier molecular flexibility index (Phi) is 7.12. The lowest BCUT2D eigenvalue weighted by Gasteiger charge is -2.48. The maximum atomic E-state index is 13.5. The van der Waals surface area contributed by atoms with Crippen LogP contribution < -0.4 is 15.8 Å². The number of aliphatic hydroxyl groups is 5. The summed E-state index contributed by atoms with van der Waals surface area (Å²) in [5.74, 6) is -2.75. The van der Waals surface area contributed by atoms with Crippen molar-refractivity contribution in [3.63, 3.8) is 0 Å². The van der Waals surface area contributed by atoms with Crippen LogP contribution in [0.15, 0.2) is 65.2 Å². The fourth-order valence-corrected chi connectivity index (χ4v) is 5.72. The molecule has 1 aromatic rings. The van der Waals surface area contributed by atoms with Gasteiger partial charge in [-0.25, -0.2) is 0 Å². The third-order valence-electron chi connectivity index (χ3n) is 7.81. The van der Waals surface area contributed by atoms with Crippen LogP contribution in [0.25, 0.3) is 0 Å². The van der Waals surface area contributed by atoms with Crippen molar-refractivity contribution < 1.29 is 44.6 Å². The Morgan fingerprint density at radius 3 is 2.67 bits per heavy atom. The highest BCUT2D eigenvalue weighted by molar-refractivity contribution is 6.19. The lowest BCUT2D eigenvalue weighted by Crippen LogP contribution is -2.68. The Labute approximate surface area is 224 Å². The molecular formula is C28H32N2O9. The van der Waals surface area contributed by atoms with E-state index in [0.717, 1.165) is 5.57 Å². The number of rotatable bonds is 6. The minimum Gasteiger partial charge on any atom is -0.511 e. The molecule has 0 bridgehead atoms. The van der Waals surface area contributed by atoms with Crippen LogP contribution in [0.4, 0.5) is 0 Å². The van der Waals surface area contributed by atoms with Crippen LogP contribution in [0.5, 0.6) is 5.75 Å². The number of allylic oxidation sites excluding steroid dienone is 6. The highest BCUT2D eigenvalue weighted by atomic mass is 16.7. The van der Waals surface area contributed by atoms with E-state index >= 15 is 0 Å². The molecule has 2 heterocycles. The average molecular weight is 541 g/mol. The molecule has 2 aliphatic heterocycles. The minimum atomic E-state index is -2.16. The third kappa shape index (κ3) is 4.66. The average Bonchev–Trinajstić information content (AvgIpc) is 2.90. The van der Waals surface area contributed by atoms with Crippen molar-refractivity contribution in [1.82, 2.24) is 5.32 Å². The highest BCUT2D eigenvalue weighted by Crippen LogP contribution is 2.43. The molecule has 1 saturated heterocycles. The second-order valence-corrected chi connectivity index (χ2v) is 10.4. The molecule has 39 heavy (non-hydrogen) atoms. The molecule has 11 heteroatoms. The number of ketones is 2. The predicted octanol–water partition coefficient (Wildman–Crippen LogP) is 0.359. The molecule has 0 aromatic heterocycles. The van der Waals surface area contributed by atoms with Crippen LogP contribution in [-0.4, -0.2) is 80.5 Å². The smallest absolute Gasteiger partial charge is 0.229 e. The quantitative estimate of drug-likeness (QED) is 0.263. The lowest BCUT2D eigenvalue weighted by molar-refractivity contribution is -0.315. The van der Waals surface area contributed by atoms with Crippen LogP contribution in [0.1, 0.15) is 40.5 Å². The summed E-state index contributed by atoms with van der Waals surface area (Å²) in [5, 5.41) is 56.8. The predicted molar refractivity (Wildman–Crippen MR) is 137 cm³/mol. The van der Waals surface area contributed by atoms with Gasteiger partial charge in [0.05, 0.1) is 29.8 Å². The van der Waals surface area contributed by atoms with Gasteiger partial charge in [-0.15, -0.1) is 0 Å². The number of aliphatic hydroxyl groups excluding tert-OH is 4. The first-order chi connectivity index (χ1) is 18.5. The first-order valence-electron chi connectivity index (χ1n) is 12.8. The molecule has 5 rings (SSSR count). The standard InChI is InChI=1S/C28H32N2O9/c1-13-9-16-21(17(32)10-13)24(34)22-15(23(16)33)3-2-4-18(22)38-27-26(36)28(37,25(35)19(12-31)39-27)7-5-14-6-8-30-20(29)11-14/h2-4,6,9-11,16,19,21,25-27,30-32,35-37H,5,7-8,12,29H2,1H3. The molecule has 0 saturated carbocycles. The van der Waals surface area contributed by atoms with Crippen molar-refractivity contribution >= 4 is 11.6 Å². The van der Waals surface area contributed by atoms with E-state index in [1.807, 2.05) is 6.08 Å². The van der Waals surface area contributed by atoms with Crippen LogP contribution in [0.2, 0.25) is 0 Å². The molecule has 11 nitrogen and oxygen atoms in total. The van der Waals surface area contributed by atoms with Gasteiger partial charge in [-0.2, -0.15) is 0 Å². The van der Waals surface area contributed by atoms with Gasteiger partial charge in [-0.05, 0) is 43.6 Å². The molecule has 1 aromatic carbocycles. The first-order valence-corrected chi connectivity index (χ1v) is 12.8. The van der Waals surface area contributed by atoms with Gasteiger partial charge in [0.2, 0.25) is 6.29 Å². The summed E-state index contributed by atoms with van der Waals surface area (Å²) in [4.78, 5) is 26.8.